The van der Waals surface area contributed by atoms with Crippen LogP contribution in [0.1, 0.15) is 129 Å². The van der Waals surface area contributed by atoms with E-state index in [1.807, 2.05) is 53.5 Å². The molecule has 37 heteroatoms. The second-order valence-corrected chi connectivity index (χ2v) is 35.0. The van der Waals surface area contributed by atoms with Crippen LogP contribution >= 0.6 is 50.7 Å². The molecule has 4 saturated heterocycles. The molecule has 0 radical (unpaired) electrons. The summed E-state index contributed by atoms with van der Waals surface area (Å²) in [6.45, 7) is 11.4. The Balaban J connectivity index is 0.000000136. The van der Waals surface area contributed by atoms with Gasteiger partial charge >= 0.3 is 25.0 Å². The number of halogens is 10. The molecule has 1 N–H and O–H groups in total. The van der Waals surface area contributed by atoms with Gasteiger partial charge in [-0.05, 0) is 201 Å². The van der Waals surface area contributed by atoms with Crippen molar-refractivity contribution >= 4 is 115 Å². The Morgan fingerprint density at radius 2 is 0.770 bits per heavy atom. The maximum atomic E-state index is 15.4. The molecule has 0 unspecified atom stereocenters. The van der Waals surface area contributed by atoms with Crippen molar-refractivity contribution in [3.05, 3.63) is 323 Å². The van der Waals surface area contributed by atoms with Crippen LogP contribution in [0.4, 0.5) is 26.3 Å². The summed E-state index contributed by atoms with van der Waals surface area (Å²) < 4.78 is 149. The third-order valence-corrected chi connectivity index (χ3v) is 24.3. The molecule has 3 atom stereocenters. The minimum absolute atomic E-state index is 0.0144. The number of carboxylic acid groups (broad SMARTS) is 1. The zero-order valence-corrected chi connectivity index (χ0v) is 77.2. The van der Waals surface area contributed by atoms with Crippen LogP contribution in [0, 0.1) is 34.9 Å². The highest BCUT2D eigenvalue weighted by atomic mass is 79.9. The van der Waals surface area contributed by atoms with E-state index in [1.54, 1.807) is 140 Å². The van der Waals surface area contributed by atoms with Gasteiger partial charge in [-0.25, -0.2) is 85.6 Å². The number of methoxy groups -OCH3 is 2. The van der Waals surface area contributed by atoms with Crippen LogP contribution in [-0.4, -0.2) is 152 Å². The van der Waals surface area contributed by atoms with Gasteiger partial charge in [-0.3, -0.25) is 0 Å². The van der Waals surface area contributed by atoms with Gasteiger partial charge in [0.15, 0.2) is 34.0 Å². The third kappa shape index (κ3) is 22.9. The van der Waals surface area contributed by atoms with Crippen molar-refractivity contribution in [3.8, 4) is 40.2 Å². The number of benzene rings is 6. The normalized spacial score (nSPS) is 15.6. The van der Waals surface area contributed by atoms with Gasteiger partial charge in [0.2, 0.25) is 17.6 Å². The highest BCUT2D eigenvalue weighted by Crippen LogP contribution is 2.38. The maximum Gasteiger partial charge on any atom is 0.497 e. The summed E-state index contributed by atoms with van der Waals surface area (Å²) in [5.41, 5.74) is 7.50. The molecule has 6 aromatic carbocycles. The zero-order chi connectivity index (χ0) is 94.9. The van der Waals surface area contributed by atoms with Gasteiger partial charge in [0.25, 0.3) is 0 Å². The summed E-state index contributed by atoms with van der Waals surface area (Å²) in [5.74, 6) is -1.95. The number of fused-ring (bicyclic) bond motifs is 3. The van der Waals surface area contributed by atoms with Gasteiger partial charge < -0.3 is 66.0 Å². The Hall–Kier alpha value is -12.8. The molecule has 13 heterocycles. The van der Waals surface area contributed by atoms with E-state index in [0.717, 1.165) is 31.4 Å². The van der Waals surface area contributed by atoms with Crippen LogP contribution in [0.3, 0.4) is 0 Å². The molecule has 15 aromatic rings. The number of carboxylic acids is 1. The van der Waals surface area contributed by atoms with E-state index in [0.29, 0.717) is 179 Å². The van der Waals surface area contributed by atoms with Crippen LogP contribution in [-0.2, 0) is 91.7 Å². The van der Waals surface area contributed by atoms with E-state index in [2.05, 4.69) is 50.8 Å². The molecule has 0 bridgehead atoms. The monoisotopic (exact) mass is 1960 g/mol. The minimum Gasteiger partial charge on any atom is -0.477 e. The second kappa shape index (κ2) is 42.0. The van der Waals surface area contributed by atoms with E-state index >= 15 is 13.2 Å². The van der Waals surface area contributed by atoms with Crippen molar-refractivity contribution < 1.29 is 93.0 Å². The molecule has 0 amide bonds. The number of ether oxygens (including phenoxy) is 8. The maximum absolute atomic E-state index is 15.4. The summed E-state index contributed by atoms with van der Waals surface area (Å²) >= 11 is 20.5. The zero-order valence-electron chi connectivity index (χ0n) is 73.4. The van der Waals surface area contributed by atoms with Crippen molar-refractivity contribution in [2.24, 2.45) is 0 Å². The lowest BCUT2D eigenvalue weighted by molar-refractivity contribution is -0.0591. The Morgan fingerprint density at radius 3 is 1.10 bits per heavy atom. The summed E-state index contributed by atoms with van der Waals surface area (Å²) in [6, 6.07) is 52.9. The van der Waals surface area contributed by atoms with E-state index in [1.165, 1.54) is 62.8 Å². The van der Waals surface area contributed by atoms with Gasteiger partial charge in [0, 0.05) is 106 Å². The van der Waals surface area contributed by atoms with Crippen molar-refractivity contribution in [2.75, 3.05) is 34.0 Å². The Labute approximate surface area is 793 Å². The molecule has 0 saturated carbocycles. The van der Waals surface area contributed by atoms with Gasteiger partial charge in [-0.15, -0.1) is 0 Å². The van der Waals surface area contributed by atoms with Gasteiger partial charge in [-0.1, -0.05) is 95.5 Å². The number of aromatic nitrogens is 12. The van der Waals surface area contributed by atoms with Gasteiger partial charge in [-0.2, -0.15) is 0 Å². The van der Waals surface area contributed by atoms with Crippen molar-refractivity contribution in [1.29, 1.82) is 0 Å². The van der Waals surface area contributed by atoms with Crippen LogP contribution in [0.2, 0.25) is 15.1 Å². The molecule has 0 spiro atoms. The SMILES string of the molecule is COC(=O)c1ccc2nc(Cc3ccc(-c4cccc(OCc5ccc(Cl)cc5F)n4)c(F)c3)n(C[C@@H]3CCO3)c2n1.COC(=O)c1ccc2nc(Cc3ccc(B4OC(C)(C)C(C)(C)O4)c(F)c3)n(C[C@@H]3CCO3)c2n1.Fc1cc(Cl)ccc1COc1cccc(Br)n1.O=C(O)c1ccc2nc(Cc3ccc(-c4cccc(OCc5ccc(Cl)cc5F)n4)c(F)c3)n(C[C@@H]3CCO3)c2n1. The predicted octanol–water partition coefficient (Wildman–Crippen LogP) is 19.5. The molecule has 135 heavy (non-hydrogen) atoms. The van der Waals surface area contributed by atoms with E-state index in [4.69, 9.17) is 92.0 Å². The first-order chi connectivity index (χ1) is 64.9. The lowest BCUT2D eigenvalue weighted by Gasteiger charge is -2.32. The molecular weight excluding hydrogens is 1880 g/mol. The fourth-order valence-corrected chi connectivity index (χ4v) is 15.7. The van der Waals surface area contributed by atoms with Crippen molar-refractivity contribution in [3.63, 3.8) is 0 Å². The number of imidazole rings is 3. The highest BCUT2D eigenvalue weighted by molar-refractivity contribution is 9.10. The first kappa shape index (κ1) is 95.4. The number of rotatable bonds is 27. The molecule has 19 rings (SSSR count). The molecule has 26 nitrogen and oxygen atoms in total. The first-order valence-electron chi connectivity index (χ1n) is 42.8. The molecule has 0 aliphatic carbocycles. The molecule has 694 valence electrons. The number of aromatic carboxylic acids is 1. The Morgan fingerprint density at radius 1 is 0.422 bits per heavy atom. The third-order valence-electron chi connectivity index (χ3n) is 23.1. The summed E-state index contributed by atoms with van der Waals surface area (Å²) in [5, 5.41) is 10.3. The smallest absolute Gasteiger partial charge is 0.477 e. The molecule has 4 aliphatic rings. The summed E-state index contributed by atoms with van der Waals surface area (Å²) in [7, 11) is 1.86. The van der Waals surface area contributed by atoms with Gasteiger partial charge in [0.05, 0.1) is 74.8 Å². The first-order valence-corrected chi connectivity index (χ1v) is 44.7. The standard InChI is InChI=1S/C31H25ClF2N4O4.C30H23ClF2N4O4.C25H29BFN3O5.C12H8BrClFNO/c1-40-31(39)27-10-9-26-30(37-27)38(16-21-11-12-41-21)28(35-26)14-18-5-8-22(24(34)13-18)25-3-2-4-29(36-25)42-17-19-6-7-20(32)15-23(19)33;31-19-6-5-18(22(32)14-19)16-41-28-3-1-2-24(35-28)21-7-4-17(12-23(21)33)13-27-34-25-8-9-26(30(38)39)36-29(25)37(27)15-20-10-11-40-20;1-24(2)25(3,4)35-26(34-24)17-7-6-15(12-18(17)27)13-21-28-19-8-9-20(23(31)32-5)29-22(19)30(21)14-16-10-11-33-16;13-11-2-1-3-12(16-11)17-7-8-4-5-9(14)6-10(8)15/h2-10,13,15,21H,11-12,14,16-17H2,1H3;1-9,12,14,20H,10-11,13,15-16H2,(H,38,39);6-9,12,16H,10-11,13-14H2,1-5H3;1-6H,7H2/t21-;20-;16-;/m000./s1. The average molecular weight is 1970 g/mol. The van der Waals surface area contributed by atoms with Gasteiger partial charge in [0.1, 0.15) is 93.4 Å². The average Bonchev–Trinajstić information content (AvgIpc) is 1.69. The fourth-order valence-electron chi connectivity index (χ4n) is 14.9. The quantitative estimate of drug-likeness (QED) is 0.0216. The number of pyridine rings is 6. The lowest BCUT2D eigenvalue weighted by atomic mass is 9.78. The Kier molecular flexibility index (Phi) is 29.7. The van der Waals surface area contributed by atoms with Crippen LogP contribution in [0.5, 0.6) is 17.6 Å². The number of nitrogens with zero attached hydrogens (tertiary/aromatic N) is 12. The van der Waals surface area contributed by atoms with E-state index in [-0.39, 0.29) is 78.4 Å². The number of carbonyl (C=O) groups excluding carboxylic acids is 2. The largest absolute Gasteiger partial charge is 0.497 e. The summed E-state index contributed by atoms with van der Waals surface area (Å²) in [6.07, 6.45) is 3.79. The molecular formula is C98H85BBrCl3F6N12O14. The second-order valence-electron chi connectivity index (χ2n) is 32.9. The summed E-state index contributed by atoms with van der Waals surface area (Å²) in [4.78, 5) is 75.9. The predicted molar refractivity (Wildman–Crippen MR) is 494 cm³/mol. The van der Waals surface area contributed by atoms with Crippen molar-refractivity contribution in [2.45, 2.75) is 135 Å². The molecule has 4 fully saturated rings. The van der Waals surface area contributed by atoms with Crippen LogP contribution < -0.4 is 19.7 Å². The van der Waals surface area contributed by atoms with E-state index < -0.39 is 65.3 Å². The lowest BCUT2D eigenvalue weighted by Crippen LogP contribution is -2.41. The number of esters is 2. The highest BCUT2D eigenvalue weighted by Gasteiger charge is 2.52. The number of hydrogen-bond acceptors (Lipinski definition) is 22. The van der Waals surface area contributed by atoms with E-state index in [9.17, 15) is 32.7 Å². The minimum atomic E-state index is -1.13. The molecule has 9 aromatic heterocycles. The van der Waals surface area contributed by atoms with Crippen LogP contribution in [0.15, 0.2) is 205 Å². The van der Waals surface area contributed by atoms with Crippen molar-refractivity contribution in [1.82, 2.24) is 58.6 Å². The number of hydrogen-bond donors (Lipinski definition) is 1. The van der Waals surface area contributed by atoms with Crippen LogP contribution in [0.25, 0.3) is 56.0 Å². The molecule has 4 aliphatic heterocycles. The number of carbonyl (C=O) groups is 3. The fraction of sp³-hybridized carbons (Fsp3) is 0.265. The Bertz CT molecular complexity index is 6940. The topological polar surface area (TPSA) is 295 Å².